The summed E-state index contributed by atoms with van der Waals surface area (Å²) in [5.74, 6) is 0.745. The molecule has 2 aromatic rings. The first-order valence-corrected chi connectivity index (χ1v) is 8.75. The molecule has 0 unspecified atom stereocenters. The minimum Gasteiger partial charge on any atom is -0.496 e. The molecule has 2 rings (SSSR count). The lowest BCUT2D eigenvalue weighted by Gasteiger charge is -2.12. The Labute approximate surface area is 156 Å². The highest BCUT2D eigenvalue weighted by Gasteiger charge is 2.29. The van der Waals surface area contributed by atoms with E-state index in [1.807, 2.05) is 29.6 Å². The Hall–Kier alpha value is -2.09. The summed E-state index contributed by atoms with van der Waals surface area (Å²) in [6.45, 7) is 1.70. The first-order valence-electron chi connectivity index (χ1n) is 8.75. The van der Waals surface area contributed by atoms with Gasteiger partial charge in [-0.15, -0.1) is 0 Å². The fraction of sp³-hybridized carbons (Fsp3) is 0.400. The zero-order valence-electron chi connectivity index (χ0n) is 15.2. The summed E-state index contributed by atoms with van der Waals surface area (Å²) < 4.78 is 48.3. The summed E-state index contributed by atoms with van der Waals surface area (Å²) in [7, 11) is 1.60. The molecule has 0 aromatic heterocycles. The van der Waals surface area contributed by atoms with E-state index < -0.39 is 17.8 Å². The quantitative estimate of drug-likeness (QED) is 0.619. The maximum absolute atomic E-state index is 12.5. The highest BCUT2D eigenvalue weighted by molar-refractivity contribution is 5.32. The van der Waals surface area contributed by atoms with Crippen LogP contribution < -0.4 is 10.1 Å². The van der Waals surface area contributed by atoms with Crippen LogP contribution in [0, 0.1) is 0 Å². The Bertz CT molecular complexity index is 690. The van der Waals surface area contributed by atoms with Crippen molar-refractivity contribution >= 4 is 0 Å². The van der Waals surface area contributed by atoms with Gasteiger partial charge in [-0.3, -0.25) is 0 Å². The Balaban J connectivity index is 1.62. The summed E-state index contributed by atoms with van der Waals surface area (Å²) in [5, 5.41) is 11.9. The number of ether oxygens (including phenoxy) is 2. The number of hydrogen-bond donors (Lipinski definition) is 2. The summed E-state index contributed by atoms with van der Waals surface area (Å²) in [4.78, 5) is 0. The lowest BCUT2D eigenvalue weighted by atomic mass is 10.1. The number of rotatable bonds is 10. The maximum Gasteiger partial charge on any atom is 0.416 e. The SMILES string of the molecule is COc1ccccc1COC[C@@H](O)C[NH2+]CCc1ccc(C(F)(F)F)cc1. The number of halogens is 3. The number of aliphatic hydroxyl groups is 1. The van der Waals surface area contributed by atoms with Gasteiger partial charge in [0, 0.05) is 12.0 Å². The molecule has 4 nitrogen and oxygen atoms in total. The minimum atomic E-state index is -4.31. The molecule has 148 valence electrons. The molecule has 0 radical (unpaired) electrons. The van der Waals surface area contributed by atoms with Crippen LogP contribution in [0.3, 0.4) is 0 Å². The van der Waals surface area contributed by atoms with Crippen molar-refractivity contribution in [1.82, 2.24) is 0 Å². The Morgan fingerprint density at radius 1 is 1.07 bits per heavy atom. The van der Waals surface area contributed by atoms with Crippen molar-refractivity contribution in [3.8, 4) is 5.75 Å². The van der Waals surface area contributed by atoms with Crippen molar-refractivity contribution in [2.45, 2.75) is 25.3 Å². The summed E-state index contributed by atoms with van der Waals surface area (Å²) in [6.07, 6.45) is -4.29. The van der Waals surface area contributed by atoms with Gasteiger partial charge in [-0.2, -0.15) is 13.2 Å². The third-order valence-corrected chi connectivity index (χ3v) is 4.12. The van der Waals surface area contributed by atoms with Crippen molar-refractivity contribution in [3.63, 3.8) is 0 Å². The summed E-state index contributed by atoms with van der Waals surface area (Å²) in [6, 6.07) is 12.7. The molecule has 0 aliphatic carbocycles. The molecule has 7 heteroatoms. The molecule has 1 atom stereocenters. The lowest BCUT2D eigenvalue weighted by molar-refractivity contribution is -0.660. The molecule has 27 heavy (non-hydrogen) atoms. The van der Waals surface area contributed by atoms with Gasteiger partial charge in [-0.05, 0) is 23.8 Å². The fourth-order valence-electron chi connectivity index (χ4n) is 2.63. The molecule has 0 bridgehead atoms. The van der Waals surface area contributed by atoms with E-state index in [-0.39, 0.29) is 6.61 Å². The number of methoxy groups -OCH3 is 1. The number of para-hydroxylation sites is 1. The molecule has 0 spiro atoms. The lowest BCUT2D eigenvalue weighted by Crippen LogP contribution is -2.87. The van der Waals surface area contributed by atoms with Crippen molar-refractivity contribution in [1.29, 1.82) is 0 Å². The molecule has 0 fully saturated rings. The summed E-state index contributed by atoms with van der Waals surface area (Å²) in [5.41, 5.74) is 1.11. The molecule has 3 N–H and O–H groups in total. The van der Waals surface area contributed by atoms with Crippen LogP contribution in [-0.4, -0.2) is 38.0 Å². The Morgan fingerprint density at radius 2 is 1.78 bits per heavy atom. The molecule has 0 saturated carbocycles. The van der Waals surface area contributed by atoms with Crippen LogP contribution in [0.15, 0.2) is 48.5 Å². The average Bonchev–Trinajstić information content (AvgIpc) is 2.65. The van der Waals surface area contributed by atoms with E-state index in [9.17, 15) is 18.3 Å². The second kappa shape index (κ2) is 10.3. The first kappa shape index (κ1) is 21.2. The zero-order valence-corrected chi connectivity index (χ0v) is 15.2. The van der Waals surface area contributed by atoms with E-state index >= 15 is 0 Å². The van der Waals surface area contributed by atoms with Gasteiger partial charge in [0.25, 0.3) is 0 Å². The first-order chi connectivity index (χ1) is 12.9. The maximum atomic E-state index is 12.5. The van der Waals surface area contributed by atoms with Gasteiger partial charge < -0.3 is 19.9 Å². The molecule has 0 aliphatic heterocycles. The number of quaternary nitrogens is 1. The Morgan fingerprint density at radius 3 is 2.44 bits per heavy atom. The third-order valence-electron chi connectivity index (χ3n) is 4.12. The van der Waals surface area contributed by atoms with Gasteiger partial charge in [-0.1, -0.05) is 30.3 Å². The second-order valence-electron chi connectivity index (χ2n) is 6.24. The van der Waals surface area contributed by atoms with Gasteiger partial charge in [-0.25, -0.2) is 0 Å². The van der Waals surface area contributed by atoms with E-state index in [1.165, 1.54) is 12.1 Å². The summed E-state index contributed by atoms with van der Waals surface area (Å²) >= 11 is 0. The number of alkyl halides is 3. The minimum absolute atomic E-state index is 0.203. The van der Waals surface area contributed by atoms with Gasteiger partial charge in [0.15, 0.2) is 0 Å². The van der Waals surface area contributed by atoms with E-state index in [0.29, 0.717) is 26.1 Å². The predicted octanol–water partition coefficient (Wildman–Crippen LogP) is 2.40. The van der Waals surface area contributed by atoms with Crippen LogP contribution in [0.25, 0.3) is 0 Å². The van der Waals surface area contributed by atoms with Gasteiger partial charge in [0.1, 0.15) is 18.4 Å². The monoisotopic (exact) mass is 384 g/mol. The Kier molecular flexibility index (Phi) is 8.09. The van der Waals surface area contributed by atoms with Gasteiger partial charge >= 0.3 is 6.18 Å². The molecule has 0 saturated heterocycles. The zero-order chi connectivity index (χ0) is 19.7. The third kappa shape index (κ3) is 7.21. The van der Waals surface area contributed by atoms with Gasteiger partial charge in [0.05, 0.1) is 32.4 Å². The molecular weight excluding hydrogens is 359 g/mol. The average molecular weight is 384 g/mol. The van der Waals surface area contributed by atoms with E-state index in [4.69, 9.17) is 9.47 Å². The van der Waals surface area contributed by atoms with E-state index in [0.717, 1.165) is 29.0 Å². The second-order valence-corrected chi connectivity index (χ2v) is 6.24. The molecule has 0 amide bonds. The van der Waals surface area contributed by atoms with Crippen LogP contribution in [0.1, 0.15) is 16.7 Å². The topological polar surface area (TPSA) is 55.3 Å². The van der Waals surface area contributed by atoms with E-state index in [2.05, 4.69) is 0 Å². The molecule has 2 aromatic carbocycles. The predicted molar refractivity (Wildman–Crippen MR) is 95.5 cm³/mol. The van der Waals surface area contributed by atoms with Crippen molar-refractivity contribution in [2.24, 2.45) is 0 Å². The number of benzene rings is 2. The number of hydrogen-bond acceptors (Lipinski definition) is 3. The van der Waals surface area contributed by atoms with Gasteiger partial charge in [0.2, 0.25) is 0 Å². The van der Waals surface area contributed by atoms with Crippen LogP contribution in [0.4, 0.5) is 13.2 Å². The van der Waals surface area contributed by atoms with Crippen LogP contribution in [-0.2, 0) is 23.9 Å². The molecule has 0 heterocycles. The molecular formula is C20H25F3NO3+. The van der Waals surface area contributed by atoms with E-state index in [1.54, 1.807) is 7.11 Å². The standard InChI is InChI=1S/C20H24F3NO3/c1-26-19-5-3-2-4-16(19)13-27-14-18(25)12-24-11-10-15-6-8-17(9-7-15)20(21,22)23/h2-9,18,24-25H,10-14H2,1H3/p+1/t18-/m0/s1. The highest BCUT2D eigenvalue weighted by Crippen LogP contribution is 2.29. The van der Waals surface area contributed by atoms with Crippen LogP contribution in [0.5, 0.6) is 5.75 Å². The largest absolute Gasteiger partial charge is 0.496 e. The number of aliphatic hydroxyl groups excluding tert-OH is 1. The molecule has 0 aliphatic rings. The van der Waals surface area contributed by atoms with Crippen LogP contribution in [0.2, 0.25) is 0 Å². The van der Waals surface area contributed by atoms with Crippen molar-refractivity contribution in [2.75, 3.05) is 26.8 Å². The van der Waals surface area contributed by atoms with Crippen molar-refractivity contribution < 1.29 is 33.1 Å². The van der Waals surface area contributed by atoms with Crippen molar-refractivity contribution in [3.05, 3.63) is 65.2 Å². The normalized spacial score (nSPS) is 12.8. The number of nitrogens with two attached hydrogens (primary N) is 1. The van der Waals surface area contributed by atoms with Crippen LogP contribution >= 0.6 is 0 Å². The fourth-order valence-corrected chi connectivity index (χ4v) is 2.63. The smallest absolute Gasteiger partial charge is 0.416 e. The highest BCUT2D eigenvalue weighted by atomic mass is 19.4.